The average molecular weight is 637 g/mol. The minimum Gasteiger partial charge on any atom is -0.507 e. The lowest BCUT2D eigenvalue weighted by Crippen LogP contribution is -2.63. The molecule has 0 amide bonds. The van der Waals surface area contributed by atoms with Crippen LogP contribution in [0.15, 0.2) is 45.6 Å². The summed E-state index contributed by atoms with van der Waals surface area (Å²) in [5.74, 6) is -4.38. The quantitative estimate of drug-likeness (QED) is 0.166. The molecule has 18 nitrogen and oxygen atoms in total. The van der Waals surface area contributed by atoms with E-state index in [1.165, 1.54) is 31.4 Å². The second-order valence-corrected chi connectivity index (χ2v) is 10.6. The topological polar surface area (TPSA) is 283 Å². The Kier molecular flexibility index (Phi) is 8.35. The molecule has 1 aliphatic rings. The zero-order chi connectivity index (χ0) is 31.1. The molecule has 2 aromatic carbocycles. The molecule has 0 spiro atoms. The van der Waals surface area contributed by atoms with Crippen molar-refractivity contribution >= 4 is 37.7 Å². The smallest absolute Gasteiger partial charge is 0.397 e. The van der Waals surface area contributed by atoms with Gasteiger partial charge in [0, 0.05) is 17.7 Å². The number of phenolic OH excluding ortho intramolecular Hbond substituents is 2. The first-order valence-electron chi connectivity index (χ1n) is 11.2. The van der Waals surface area contributed by atoms with Crippen molar-refractivity contribution < 1.29 is 78.2 Å². The molecule has 2 heterocycles. The second-order valence-electron chi connectivity index (χ2n) is 8.50. The molecule has 1 saturated heterocycles. The predicted octanol–water partition coefficient (Wildman–Crippen LogP) is -0.195. The Balaban J connectivity index is 1.87. The maximum atomic E-state index is 12.9. The molecular weight excluding hydrogens is 616 g/mol. The van der Waals surface area contributed by atoms with Crippen LogP contribution in [-0.2, 0) is 38.7 Å². The van der Waals surface area contributed by atoms with Crippen molar-refractivity contribution in [3.8, 4) is 34.3 Å². The van der Waals surface area contributed by atoms with E-state index in [0.717, 1.165) is 6.07 Å². The summed E-state index contributed by atoms with van der Waals surface area (Å²) >= 11 is 0. The highest BCUT2D eigenvalue weighted by molar-refractivity contribution is 7.81. The van der Waals surface area contributed by atoms with Crippen molar-refractivity contribution in [3.63, 3.8) is 0 Å². The Morgan fingerprint density at radius 2 is 1.52 bits per heavy atom. The molecule has 0 radical (unpaired) electrons. The van der Waals surface area contributed by atoms with Crippen LogP contribution >= 0.6 is 0 Å². The highest BCUT2D eigenvalue weighted by Crippen LogP contribution is 2.42. The minimum absolute atomic E-state index is 0.148. The van der Waals surface area contributed by atoms with Crippen molar-refractivity contribution in [1.82, 2.24) is 0 Å². The van der Waals surface area contributed by atoms with Gasteiger partial charge in [-0.3, -0.25) is 13.9 Å². The predicted molar refractivity (Wildman–Crippen MR) is 134 cm³/mol. The molecule has 4 rings (SSSR count). The van der Waals surface area contributed by atoms with Crippen LogP contribution in [0.25, 0.3) is 22.3 Å². The van der Waals surface area contributed by atoms with Crippen LogP contribution in [0.3, 0.4) is 0 Å². The summed E-state index contributed by atoms with van der Waals surface area (Å²) < 4.78 is 93.4. The molecule has 0 aliphatic carbocycles. The van der Waals surface area contributed by atoms with Gasteiger partial charge in [0.2, 0.25) is 12.0 Å². The lowest BCUT2D eigenvalue weighted by molar-refractivity contribution is -0.261. The number of hydrogen-bond donors (Lipinski definition) is 6. The van der Waals surface area contributed by atoms with E-state index in [-0.39, 0.29) is 11.3 Å². The van der Waals surface area contributed by atoms with Crippen LogP contribution in [-0.4, -0.2) is 90.2 Å². The Morgan fingerprint density at radius 1 is 0.929 bits per heavy atom. The molecule has 1 aliphatic heterocycles. The van der Waals surface area contributed by atoms with E-state index in [1.54, 1.807) is 0 Å². The van der Waals surface area contributed by atoms with Gasteiger partial charge in [0.15, 0.2) is 29.0 Å². The largest absolute Gasteiger partial charge is 0.507 e. The number of aliphatic hydroxyl groups excluding tert-OH is 1. The molecule has 0 bridgehead atoms. The number of hydrogen-bond acceptors (Lipinski definition) is 15. The fourth-order valence-electron chi connectivity index (χ4n) is 4.02. The summed E-state index contributed by atoms with van der Waals surface area (Å²) in [5, 5.41) is 40.4. The third-order valence-corrected chi connectivity index (χ3v) is 6.68. The van der Waals surface area contributed by atoms with Gasteiger partial charge >= 0.3 is 26.8 Å². The van der Waals surface area contributed by atoms with Crippen LogP contribution in [0.5, 0.6) is 23.0 Å². The van der Waals surface area contributed by atoms with Gasteiger partial charge in [-0.2, -0.15) is 16.8 Å². The first-order chi connectivity index (χ1) is 19.5. The second kappa shape index (κ2) is 11.3. The van der Waals surface area contributed by atoms with Crippen molar-refractivity contribution in [2.24, 2.45) is 0 Å². The van der Waals surface area contributed by atoms with E-state index in [4.69, 9.17) is 23.2 Å². The van der Waals surface area contributed by atoms with Gasteiger partial charge in [-0.1, -0.05) is 0 Å². The maximum absolute atomic E-state index is 12.9. The van der Waals surface area contributed by atoms with Gasteiger partial charge < -0.3 is 39.1 Å². The number of benzene rings is 2. The first kappa shape index (κ1) is 30.9. The fourth-order valence-corrected chi connectivity index (χ4v) is 5.00. The Bertz CT molecular complexity index is 1780. The molecule has 5 atom stereocenters. The lowest BCUT2D eigenvalue weighted by atomic mass is 9.99. The number of carboxylic acid groups (broad SMARTS) is 1. The summed E-state index contributed by atoms with van der Waals surface area (Å²) in [6.07, 6.45) is -12.7. The lowest BCUT2D eigenvalue weighted by Gasteiger charge is -2.40. The van der Waals surface area contributed by atoms with Crippen molar-refractivity contribution in [2.45, 2.75) is 30.7 Å². The fraction of sp³-hybridized carbons (Fsp3) is 0.273. The summed E-state index contributed by atoms with van der Waals surface area (Å²) in [4.78, 5) is 24.7. The van der Waals surface area contributed by atoms with Crippen molar-refractivity contribution in [1.29, 1.82) is 0 Å². The van der Waals surface area contributed by atoms with Gasteiger partial charge in [0.1, 0.15) is 34.9 Å². The number of aliphatic carboxylic acids is 1. The van der Waals surface area contributed by atoms with E-state index < -0.39 is 91.1 Å². The molecule has 0 saturated carbocycles. The number of aliphatic hydroxyl groups is 1. The zero-order valence-corrected chi connectivity index (χ0v) is 22.4. The van der Waals surface area contributed by atoms with Crippen LogP contribution in [0.1, 0.15) is 0 Å². The van der Waals surface area contributed by atoms with E-state index in [9.17, 15) is 51.4 Å². The van der Waals surface area contributed by atoms with Crippen LogP contribution in [0.2, 0.25) is 0 Å². The molecule has 1 fully saturated rings. The molecule has 6 N–H and O–H groups in total. The molecule has 1 aromatic heterocycles. The van der Waals surface area contributed by atoms with E-state index in [2.05, 4.69) is 8.37 Å². The van der Waals surface area contributed by atoms with E-state index in [0.29, 0.717) is 11.8 Å². The highest BCUT2D eigenvalue weighted by Gasteiger charge is 2.54. The molecule has 3 aromatic rings. The standard InChI is InChI=1S/C22H20O18S2/c1-35-9-4-2-8(3-5-9)13-7-11(24)14-10(23)6-12(25)16(17(14)36-13)37-22-19(40-42(32,33)34)15(26)18(39-41(29,30)31)20(38-22)21(27)28/h2-7,15,18-20,22-23,25-26H,1H3,(H,27,28)(H,29,30,31)(H,32,33,34)/t15-,18+,19+,20-,22+/m1/s1. The van der Waals surface area contributed by atoms with Gasteiger partial charge in [0.05, 0.1) is 7.11 Å². The number of rotatable bonds is 9. The average Bonchev–Trinajstić information content (AvgIpc) is 2.87. The van der Waals surface area contributed by atoms with Crippen molar-refractivity contribution in [2.75, 3.05) is 7.11 Å². The van der Waals surface area contributed by atoms with E-state index in [1.807, 2.05) is 0 Å². The number of phenols is 2. The summed E-state index contributed by atoms with van der Waals surface area (Å²) in [6, 6.07) is 7.59. The Hall–Kier alpha value is -4.02. The Labute approximate surface area is 234 Å². The van der Waals surface area contributed by atoms with Gasteiger partial charge in [-0.25, -0.2) is 13.2 Å². The van der Waals surface area contributed by atoms with Crippen molar-refractivity contribution in [3.05, 3.63) is 46.6 Å². The molecule has 20 heteroatoms. The van der Waals surface area contributed by atoms with Gasteiger partial charge in [-0.15, -0.1) is 0 Å². The number of ether oxygens (including phenoxy) is 3. The number of aromatic hydroxyl groups is 2. The monoisotopic (exact) mass is 636 g/mol. The summed E-state index contributed by atoms with van der Waals surface area (Å²) in [6.45, 7) is 0. The number of carboxylic acids is 1. The zero-order valence-electron chi connectivity index (χ0n) is 20.7. The summed E-state index contributed by atoms with van der Waals surface area (Å²) in [7, 11) is -9.59. The highest BCUT2D eigenvalue weighted by atomic mass is 32.3. The van der Waals surface area contributed by atoms with Crippen LogP contribution < -0.4 is 14.9 Å². The molecule has 228 valence electrons. The Morgan fingerprint density at radius 3 is 2.07 bits per heavy atom. The number of carbonyl (C=O) groups is 1. The van der Waals surface area contributed by atoms with Crippen LogP contribution in [0, 0.1) is 0 Å². The number of methoxy groups -OCH3 is 1. The maximum Gasteiger partial charge on any atom is 0.397 e. The molecule has 42 heavy (non-hydrogen) atoms. The molecule has 0 unspecified atom stereocenters. The SMILES string of the molecule is COc1ccc(-c2cc(=O)c3c(O)cc(O)c(O[C@H]4O[C@@H](C(=O)O)[C@@H](OS(=O)(=O)O)[C@@H](O)[C@@H]4OS(=O)(=O)O)c3o2)cc1. The minimum atomic E-state index is -5.52. The van der Waals surface area contributed by atoms with Crippen LogP contribution in [0.4, 0.5) is 0 Å². The number of fused-ring (bicyclic) bond motifs is 1. The third kappa shape index (κ3) is 6.55. The van der Waals surface area contributed by atoms with Gasteiger partial charge in [0.25, 0.3) is 0 Å². The van der Waals surface area contributed by atoms with E-state index >= 15 is 0 Å². The molecular formula is C22H20O18S2. The summed E-state index contributed by atoms with van der Waals surface area (Å²) in [5.41, 5.74) is -1.26. The third-order valence-electron chi connectivity index (χ3n) is 5.75. The first-order valence-corrected chi connectivity index (χ1v) is 13.9. The normalized spacial score (nSPS) is 23.0. The van der Waals surface area contributed by atoms with Gasteiger partial charge in [-0.05, 0) is 24.3 Å².